The minimum absolute atomic E-state index is 0.0108. The highest BCUT2D eigenvalue weighted by Gasteiger charge is 2.37. The van der Waals surface area contributed by atoms with Gasteiger partial charge >= 0.3 is 5.97 Å². The van der Waals surface area contributed by atoms with Gasteiger partial charge in [0, 0.05) is 17.7 Å². The third-order valence-electron chi connectivity index (χ3n) is 4.19. The minimum atomic E-state index is -0.767. The van der Waals surface area contributed by atoms with Crippen LogP contribution in [0.3, 0.4) is 0 Å². The number of carbonyl (C=O) groups is 1. The molecule has 2 heterocycles. The second-order valence-corrected chi connectivity index (χ2v) is 5.42. The summed E-state index contributed by atoms with van der Waals surface area (Å²) in [6.07, 6.45) is 3.28. The van der Waals surface area contributed by atoms with E-state index in [0.29, 0.717) is 18.8 Å². The van der Waals surface area contributed by atoms with E-state index >= 15 is 0 Å². The molecule has 1 aromatic rings. The van der Waals surface area contributed by atoms with E-state index in [1.807, 2.05) is 4.90 Å². The molecule has 2 atom stereocenters. The van der Waals surface area contributed by atoms with Gasteiger partial charge in [-0.2, -0.15) is 0 Å². The maximum atomic E-state index is 13.3. The molecule has 20 heavy (non-hydrogen) atoms. The largest absolute Gasteiger partial charge is 0.493 e. The summed E-state index contributed by atoms with van der Waals surface area (Å²) in [6, 6.07) is 4.14. The Bertz CT molecular complexity index is 520. The lowest BCUT2D eigenvalue weighted by molar-refractivity contribution is -0.143. The van der Waals surface area contributed by atoms with Crippen LogP contribution in [-0.4, -0.2) is 35.2 Å². The molecule has 2 unspecified atom stereocenters. The standard InChI is InChI=1S/C15H18FNO3/c16-10-5-6-11-12(4-2-8-20-14(11)9-10)17-7-1-3-13(17)15(18)19/h5-6,9,12-13H,1-4,7-8H2,(H,18,19). The maximum absolute atomic E-state index is 13.3. The van der Waals surface area contributed by atoms with E-state index in [2.05, 4.69) is 0 Å². The van der Waals surface area contributed by atoms with Crippen LogP contribution in [-0.2, 0) is 4.79 Å². The summed E-state index contributed by atoms with van der Waals surface area (Å²) in [4.78, 5) is 13.4. The van der Waals surface area contributed by atoms with Gasteiger partial charge in [-0.1, -0.05) is 6.07 Å². The molecule has 1 fully saturated rings. The highest BCUT2D eigenvalue weighted by molar-refractivity contribution is 5.74. The Morgan fingerprint density at radius 2 is 2.20 bits per heavy atom. The zero-order valence-electron chi connectivity index (χ0n) is 11.2. The molecule has 2 aliphatic rings. The van der Waals surface area contributed by atoms with Gasteiger partial charge in [-0.3, -0.25) is 9.69 Å². The molecule has 4 nitrogen and oxygen atoms in total. The van der Waals surface area contributed by atoms with E-state index in [1.165, 1.54) is 12.1 Å². The number of ether oxygens (including phenoxy) is 1. The lowest BCUT2D eigenvalue weighted by Crippen LogP contribution is -2.38. The smallest absolute Gasteiger partial charge is 0.320 e. The fraction of sp³-hybridized carbons (Fsp3) is 0.533. The van der Waals surface area contributed by atoms with Crippen molar-refractivity contribution >= 4 is 5.97 Å². The lowest BCUT2D eigenvalue weighted by Gasteiger charge is -2.31. The third kappa shape index (κ3) is 2.38. The summed E-state index contributed by atoms with van der Waals surface area (Å²) < 4.78 is 18.9. The van der Waals surface area contributed by atoms with Crippen LogP contribution in [0, 0.1) is 5.82 Å². The zero-order chi connectivity index (χ0) is 14.1. The second kappa shape index (κ2) is 5.40. The number of hydrogen-bond donors (Lipinski definition) is 1. The molecule has 0 spiro atoms. The van der Waals surface area contributed by atoms with Crippen LogP contribution in [0.4, 0.5) is 4.39 Å². The number of hydrogen-bond acceptors (Lipinski definition) is 3. The summed E-state index contributed by atoms with van der Waals surface area (Å²) in [6.45, 7) is 1.33. The van der Waals surface area contributed by atoms with Gasteiger partial charge in [0.2, 0.25) is 0 Å². The van der Waals surface area contributed by atoms with E-state index < -0.39 is 12.0 Å². The number of aliphatic carboxylic acids is 1. The second-order valence-electron chi connectivity index (χ2n) is 5.42. The molecule has 1 N–H and O–H groups in total. The number of likely N-dealkylation sites (tertiary alicyclic amines) is 1. The van der Waals surface area contributed by atoms with Gasteiger partial charge in [0.15, 0.2) is 0 Å². The van der Waals surface area contributed by atoms with Gasteiger partial charge in [0.05, 0.1) is 6.61 Å². The summed E-state index contributed by atoms with van der Waals surface area (Å²) in [5, 5.41) is 9.34. The molecule has 0 amide bonds. The van der Waals surface area contributed by atoms with Gasteiger partial charge < -0.3 is 9.84 Å². The number of carboxylic acid groups (broad SMARTS) is 1. The van der Waals surface area contributed by atoms with Crippen molar-refractivity contribution in [3.8, 4) is 5.75 Å². The fourth-order valence-electron chi connectivity index (χ4n) is 3.29. The Kier molecular flexibility index (Phi) is 3.61. The third-order valence-corrected chi connectivity index (χ3v) is 4.19. The van der Waals surface area contributed by atoms with Gasteiger partial charge in [-0.25, -0.2) is 4.39 Å². The first kappa shape index (κ1) is 13.4. The SMILES string of the molecule is O=C(O)C1CCCN1C1CCCOc2cc(F)ccc21. The molecular weight excluding hydrogens is 261 g/mol. The molecule has 2 aliphatic heterocycles. The topological polar surface area (TPSA) is 49.8 Å². The predicted molar refractivity (Wildman–Crippen MR) is 71.2 cm³/mol. The van der Waals surface area contributed by atoms with Gasteiger partial charge in [-0.05, 0) is 38.3 Å². The van der Waals surface area contributed by atoms with Crippen molar-refractivity contribution in [1.82, 2.24) is 4.90 Å². The fourth-order valence-corrected chi connectivity index (χ4v) is 3.29. The van der Waals surface area contributed by atoms with Crippen molar-refractivity contribution in [3.05, 3.63) is 29.6 Å². The van der Waals surface area contributed by atoms with Crippen molar-refractivity contribution < 1.29 is 19.0 Å². The average molecular weight is 279 g/mol. The Hall–Kier alpha value is -1.62. The van der Waals surface area contributed by atoms with E-state index in [4.69, 9.17) is 4.74 Å². The molecule has 0 radical (unpaired) electrons. The maximum Gasteiger partial charge on any atom is 0.320 e. The number of halogens is 1. The van der Waals surface area contributed by atoms with E-state index in [0.717, 1.165) is 31.4 Å². The van der Waals surface area contributed by atoms with Crippen LogP contribution < -0.4 is 4.74 Å². The molecule has 3 rings (SSSR count). The summed E-state index contributed by atoms with van der Waals surface area (Å²) in [5.41, 5.74) is 0.914. The summed E-state index contributed by atoms with van der Waals surface area (Å²) in [7, 11) is 0. The van der Waals surface area contributed by atoms with E-state index in [9.17, 15) is 14.3 Å². The van der Waals surface area contributed by atoms with Crippen molar-refractivity contribution in [1.29, 1.82) is 0 Å². The van der Waals surface area contributed by atoms with Crippen LogP contribution in [0.25, 0.3) is 0 Å². The number of fused-ring (bicyclic) bond motifs is 1. The lowest BCUT2D eigenvalue weighted by atomic mass is 9.99. The van der Waals surface area contributed by atoms with Crippen molar-refractivity contribution in [2.24, 2.45) is 0 Å². The molecule has 108 valence electrons. The number of rotatable bonds is 2. The van der Waals surface area contributed by atoms with Crippen LogP contribution in [0.2, 0.25) is 0 Å². The molecule has 0 saturated carbocycles. The van der Waals surface area contributed by atoms with E-state index in [1.54, 1.807) is 6.07 Å². The quantitative estimate of drug-likeness (QED) is 0.904. The van der Waals surface area contributed by atoms with Crippen molar-refractivity contribution in [3.63, 3.8) is 0 Å². The van der Waals surface area contributed by atoms with Crippen LogP contribution in [0.15, 0.2) is 18.2 Å². The van der Waals surface area contributed by atoms with Crippen LogP contribution in [0.1, 0.15) is 37.3 Å². The monoisotopic (exact) mass is 279 g/mol. The Labute approximate surface area is 117 Å². The van der Waals surface area contributed by atoms with Crippen molar-refractivity contribution in [2.75, 3.05) is 13.2 Å². The van der Waals surface area contributed by atoms with E-state index in [-0.39, 0.29) is 11.9 Å². The Balaban J connectivity index is 1.95. The van der Waals surface area contributed by atoms with Crippen molar-refractivity contribution in [2.45, 2.75) is 37.8 Å². The summed E-state index contributed by atoms with van der Waals surface area (Å²) in [5.74, 6) is -0.527. The average Bonchev–Trinajstić information content (AvgIpc) is 2.81. The van der Waals surface area contributed by atoms with Gasteiger partial charge in [0.25, 0.3) is 0 Å². The number of benzene rings is 1. The van der Waals surface area contributed by atoms with Gasteiger partial charge in [-0.15, -0.1) is 0 Å². The molecule has 5 heteroatoms. The molecule has 0 aliphatic carbocycles. The Morgan fingerprint density at radius 1 is 1.35 bits per heavy atom. The minimum Gasteiger partial charge on any atom is -0.493 e. The van der Waals surface area contributed by atoms with Gasteiger partial charge in [0.1, 0.15) is 17.6 Å². The highest BCUT2D eigenvalue weighted by Crippen LogP contribution is 2.39. The van der Waals surface area contributed by atoms with Crippen LogP contribution in [0.5, 0.6) is 5.75 Å². The predicted octanol–water partition coefficient (Wildman–Crippen LogP) is 2.59. The molecule has 0 bridgehead atoms. The summed E-state index contributed by atoms with van der Waals surface area (Å²) >= 11 is 0. The normalized spacial score (nSPS) is 26.6. The first-order valence-electron chi connectivity index (χ1n) is 7.07. The molecular formula is C15H18FNO3. The number of carboxylic acids is 1. The zero-order valence-corrected chi connectivity index (χ0v) is 11.2. The highest BCUT2D eigenvalue weighted by atomic mass is 19.1. The molecule has 0 aromatic heterocycles. The molecule has 1 aromatic carbocycles. The molecule has 1 saturated heterocycles. The number of nitrogens with zero attached hydrogens (tertiary/aromatic N) is 1. The first-order chi connectivity index (χ1) is 9.66. The first-order valence-corrected chi connectivity index (χ1v) is 7.07. The van der Waals surface area contributed by atoms with Crippen LogP contribution >= 0.6 is 0 Å². The Morgan fingerprint density at radius 3 is 3.00 bits per heavy atom.